The third-order valence-electron chi connectivity index (χ3n) is 5.06. The molecule has 14 heteroatoms. The highest BCUT2D eigenvalue weighted by Crippen LogP contribution is 2.37. The fraction of sp³-hybridized carbons (Fsp3) is 0.280. The van der Waals surface area contributed by atoms with Crippen LogP contribution in [0.4, 0.5) is 11.4 Å². The second kappa shape index (κ2) is 13.8. The van der Waals surface area contributed by atoms with E-state index in [9.17, 15) is 18.0 Å². The molecule has 1 amide bonds. The molecule has 1 heterocycles. The molecular weight excluding hydrogens is 579 g/mol. The Morgan fingerprint density at radius 2 is 1.67 bits per heavy atom. The third kappa shape index (κ3) is 8.73. The number of thiazole rings is 1. The minimum Gasteiger partial charge on any atom is -0.468 e. The zero-order chi connectivity index (χ0) is 28.0. The van der Waals surface area contributed by atoms with Crippen LogP contribution in [0, 0.1) is 0 Å². The SMILES string of the molecule is COC(=O)[C@H](C)NS(=O)(=O)c1cc(NC(C)=O)ccc1-c1cnc(-c2ccc(NC(=S)NC(C)C)cc2)s1.S. The fourth-order valence-electron chi connectivity index (χ4n) is 3.41. The van der Waals surface area contributed by atoms with E-state index < -0.39 is 22.0 Å². The molecule has 0 saturated carbocycles. The first-order chi connectivity index (χ1) is 17.9. The summed E-state index contributed by atoms with van der Waals surface area (Å²) in [5, 5.41) is 10.0. The van der Waals surface area contributed by atoms with E-state index in [0.717, 1.165) is 11.3 Å². The summed E-state index contributed by atoms with van der Waals surface area (Å²) in [4.78, 5) is 28.4. The van der Waals surface area contributed by atoms with Crippen LogP contribution < -0.4 is 20.7 Å². The standard InChI is InChI=1S/C25H29N5O5S3.H2S/c1-14(2)27-25(36)29-18-8-6-17(7-9-18)23-26-13-21(37-23)20-11-10-19(28-16(4)31)12-22(20)38(33,34)30-15(3)24(32)35-5;/h6-15,30H,1-5H3,(H,28,31)(H2,27,29,36);1H2/t15-;/m0./s1. The van der Waals surface area contributed by atoms with E-state index in [1.807, 2.05) is 38.1 Å². The monoisotopic (exact) mass is 609 g/mol. The van der Waals surface area contributed by atoms with Crippen LogP contribution in [0.2, 0.25) is 0 Å². The van der Waals surface area contributed by atoms with Crippen molar-refractivity contribution in [1.29, 1.82) is 0 Å². The van der Waals surface area contributed by atoms with Gasteiger partial charge in [0, 0.05) is 41.7 Å². The van der Waals surface area contributed by atoms with Gasteiger partial charge in [0.2, 0.25) is 15.9 Å². The zero-order valence-corrected chi connectivity index (χ0v) is 25.4. The molecule has 210 valence electrons. The van der Waals surface area contributed by atoms with Gasteiger partial charge in [0.1, 0.15) is 11.0 Å². The minimum atomic E-state index is -4.18. The molecule has 0 spiro atoms. The van der Waals surface area contributed by atoms with Crippen molar-refractivity contribution in [3.8, 4) is 21.0 Å². The third-order valence-corrected chi connectivity index (χ3v) is 7.94. The molecule has 1 aromatic heterocycles. The summed E-state index contributed by atoms with van der Waals surface area (Å²) in [5.41, 5.74) is 2.32. The first-order valence-electron chi connectivity index (χ1n) is 11.6. The molecule has 0 saturated heterocycles. The smallest absolute Gasteiger partial charge is 0.323 e. The van der Waals surface area contributed by atoms with Crippen LogP contribution in [0.15, 0.2) is 53.6 Å². The number of esters is 1. The van der Waals surface area contributed by atoms with Crippen LogP contribution in [0.5, 0.6) is 0 Å². The average Bonchev–Trinajstić information content (AvgIpc) is 3.33. The number of sulfonamides is 1. The van der Waals surface area contributed by atoms with Crippen molar-refractivity contribution >= 4 is 75.4 Å². The summed E-state index contributed by atoms with van der Waals surface area (Å²) < 4.78 is 33.6. The molecule has 0 fully saturated rings. The number of aromatic nitrogens is 1. The van der Waals surface area contributed by atoms with Gasteiger partial charge in [-0.05, 0) is 69.4 Å². The number of anilines is 2. The molecule has 10 nitrogen and oxygen atoms in total. The number of hydrogen-bond donors (Lipinski definition) is 4. The summed E-state index contributed by atoms with van der Waals surface area (Å²) in [5.74, 6) is -1.08. The van der Waals surface area contributed by atoms with Crippen LogP contribution in [-0.4, -0.2) is 49.6 Å². The number of rotatable bonds is 9. The molecule has 3 aromatic rings. The topological polar surface area (TPSA) is 139 Å². The molecule has 4 N–H and O–H groups in total. The van der Waals surface area contributed by atoms with Gasteiger partial charge in [-0.1, -0.05) is 6.07 Å². The van der Waals surface area contributed by atoms with Crippen molar-refractivity contribution in [1.82, 2.24) is 15.0 Å². The Hall–Kier alpha value is -3.04. The summed E-state index contributed by atoms with van der Waals surface area (Å²) in [7, 11) is -3.01. The van der Waals surface area contributed by atoms with Crippen LogP contribution in [0.1, 0.15) is 27.7 Å². The second-order valence-electron chi connectivity index (χ2n) is 8.62. The number of carbonyl (C=O) groups excluding carboxylic acids is 2. The van der Waals surface area contributed by atoms with Gasteiger partial charge in [-0.15, -0.1) is 11.3 Å². The number of hydrogen-bond acceptors (Lipinski definition) is 8. The normalized spacial score (nSPS) is 11.7. The summed E-state index contributed by atoms with van der Waals surface area (Å²) in [6.07, 6.45) is 1.59. The molecule has 0 unspecified atom stereocenters. The number of carbonyl (C=O) groups is 2. The highest BCUT2D eigenvalue weighted by Gasteiger charge is 2.26. The van der Waals surface area contributed by atoms with Crippen molar-refractivity contribution in [2.24, 2.45) is 0 Å². The summed E-state index contributed by atoms with van der Waals surface area (Å²) >= 11 is 6.59. The van der Waals surface area contributed by atoms with E-state index >= 15 is 0 Å². The van der Waals surface area contributed by atoms with Gasteiger partial charge in [0.15, 0.2) is 5.11 Å². The second-order valence-corrected chi connectivity index (χ2v) is 11.7. The number of thiocarbonyl (C=S) groups is 1. The van der Waals surface area contributed by atoms with Crippen molar-refractivity contribution < 1.29 is 22.7 Å². The van der Waals surface area contributed by atoms with Crippen LogP contribution >= 0.6 is 37.1 Å². The number of ether oxygens (including phenoxy) is 1. The van der Waals surface area contributed by atoms with Crippen LogP contribution in [0.25, 0.3) is 21.0 Å². The zero-order valence-electron chi connectivity index (χ0n) is 22.0. The molecule has 0 radical (unpaired) electrons. The highest BCUT2D eigenvalue weighted by atomic mass is 32.2. The van der Waals surface area contributed by atoms with E-state index in [0.29, 0.717) is 26.2 Å². The van der Waals surface area contributed by atoms with Crippen LogP contribution in [-0.2, 0) is 24.3 Å². The van der Waals surface area contributed by atoms with Crippen molar-refractivity contribution in [2.75, 3.05) is 17.7 Å². The first kappa shape index (κ1) is 32.2. The highest BCUT2D eigenvalue weighted by molar-refractivity contribution is 7.89. The van der Waals surface area contributed by atoms with E-state index in [4.69, 9.17) is 12.2 Å². The number of nitrogens with zero attached hydrogens (tertiary/aromatic N) is 1. The van der Waals surface area contributed by atoms with Gasteiger partial charge in [-0.2, -0.15) is 18.2 Å². The van der Waals surface area contributed by atoms with Gasteiger partial charge < -0.3 is 20.7 Å². The molecule has 0 aliphatic rings. The lowest BCUT2D eigenvalue weighted by molar-refractivity contribution is -0.142. The van der Waals surface area contributed by atoms with Crippen molar-refractivity contribution in [3.05, 3.63) is 48.7 Å². The van der Waals surface area contributed by atoms with E-state index in [1.165, 1.54) is 38.4 Å². The van der Waals surface area contributed by atoms with Crippen molar-refractivity contribution in [2.45, 2.75) is 44.7 Å². The number of nitrogens with one attached hydrogen (secondary N) is 4. The fourth-order valence-corrected chi connectivity index (χ4v) is 6.23. The maximum Gasteiger partial charge on any atom is 0.323 e. The predicted octanol–water partition coefficient (Wildman–Crippen LogP) is 4.08. The largest absolute Gasteiger partial charge is 0.468 e. The van der Waals surface area contributed by atoms with E-state index in [-0.39, 0.29) is 30.3 Å². The number of amides is 1. The van der Waals surface area contributed by atoms with Gasteiger partial charge in [-0.3, -0.25) is 9.59 Å². The molecule has 0 bridgehead atoms. The van der Waals surface area contributed by atoms with Crippen LogP contribution in [0.3, 0.4) is 0 Å². The predicted molar refractivity (Wildman–Crippen MR) is 164 cm³/mol. The molecule has 2 aromatic carbocycles. The first-order valence-corrected chi connectivity index (χ1v) is 14.3. The molecule has 0 aliphatic carbocycles. The average molecular weight is 610 g/mol. The summed E-state index contributed by atoms with van der Waals surface area (Å²) in [6, 6.07) is 11.2. The number of methoxy groups -OCH3 is 1. The van der Waals surface area contributed by atoms with Crippen molar-refractivity contribution in [3.63, 3.8) is 0 Å². The number of benzene rings is 2. The van der Waals surface area contributed by atoms with Gasteiger partial charge in [0.05, 0.1) is 16.9 Å². The van der Waals surface area contributed by atoms with E-state index in [2.05, 4.69) is 30.4 Å². The lowest BCUT2D eigenvalue weighted by Gasteiger charge is -2.15. The Morgan fingerprint density at radius 3 is 2.26 bits per heavy atom. The Bertz CT molecular complexity index is 1440. The Morgan fingerprint density at radius 1 is 1.03 bits per heavy atom. The van der Waals surface area contributed by atoms with Gasteiger partial charge >= 0.3 is 5.97 Å². The molecule has 0 aliphatic heterocycles. The lowest BCUT2D eigenvalue weighted by atomic mass is 10.2. The molecule has 3 rings (SSSR count). The van der Waals surface area contributed by atoms with E-state index in [1.54, 1.807) is 18.3 Å². The summed E-state index contributed by atoms with van der Waals surface area (Å²) in [6.45, 7) is 6.70. The lowest BCUT2D eigenvalue weighted by Crippen LogP contribution is -2.39. The maximum atomic E-state index is 13.3. The Kier molecular flexibility index (Phi) is 11.4. The van der Waals surface area contributed by atoms with Gasteiger partial charge in [0.25, 0.3) is 0 Å². The minimum absolute atomic E-state index is 0. The van der Waals surface area contributed by atoms with Gasteiger partial charge in [-0.25, -0.2) is 13.4 Å². The molecule has 1 atom stereocenters. The molecular formula is C25H31N5O5S4. The maximum absolute atomic E-state index is 13.3. The Balaban J connectivity index is 0.00000533. The quantitative estimate of drug-likeness (QED) is 0.209. The Labute approximate surface area is 244 Å². The molecule has 39 heavy (non-hydrogen) atoms.